The van der Waals surface area contributed by atoms with Crippen LogP contribution in [0.5, 0.6) is 0 Å². The number of nitriles is 1. The van der Waals surface area contributed by atoms with Crippen LogP contribution in [0.15, 0.2) is 24.5 Å². The maximum Gasteiger partial charge on any atom is 0.118 e. The van der Waals surface area contributed by atoms with Crippen molar-refractivity contribution in [2.75, 3.05) is 6.54 Å². The monoisotopic (exact) mass is 285 g/mol. The van der Waals surface area contributed by atoms with Crippen molar-refractivity contribution in [3.05, 3.63) is 40.5 Å². The van der Waals surface area contributed by atoms with E-state index in [0.29, 0.717) is 0 Å². The number of hydrogen-bond acceptors (Lipinski definition) is 3. The van der Waals surface area contributed by atoms with E-state index < -0.39 is 0 Å². The van der Waals surface area contributed by atoms with E-state index >= 15 is 0 Å². The Balaban J connectivity index is 2.03. The van der Waals surface area contributed by atoms with E-state index in [1.165, 1.54) is 10.4 Å². The molecule has 0 N–H and O–H groups in total. The molecule has 0 aromatic carbocycles. The second-order valence-electron chi connectivity index (χ2n) is 6.23. The Bertz CT molecular complexity index is 653. The molecule has 2 aromatic heterocycles. The van der Waals surface area contributed by atoms with Crippen LogP contribution in [0.2, 0.25) is 0 Å². The quantitative estimate of drug-likeness (QED) is 0.802. The Labute approximate surface area is 124 Å². The smallest absolute Gasteiger partial charge is 0.118 e. The van der Waals surface area contributed by atoms with Gasteiger partial charge < -0.3 is 4.57 Å². The van der Waals surface area contributed by atoms with E-state index in [-0.39, 0.29) is 5.54 Å². The summed E-state index contributed by atoms with van der Waals surface area (Å²) in [6.07, 6.45) is 5.01. The number of fused-ring (bicyclic) bond motifs is 1. The molecular formula is C16H19N3S. The molecule has 0 aliphatic carbocycles. The Morgan fingerprint density at radius 2 is 1.95 bits per heavy atom. The predicted octanol–water partition coefficient (Wildman–Crippen LogP) is 3.57. The summed E-state index contributed by atoms with van der Waals surface area (Å²) in [4.78, 5) is 3.85. The van der Waals surface area contributed by atoms with Crippen molar-refractivity contribution in [3.8, 4) is 11.1 Å². The van der Waals surface area contributed by atoms with E-state index in [2.05, 4.69) is 36.3 Å². The summed E-state index contributed by atoms with van der Waals surface area (Å²) in [7, 11) is 0. The predicted molar refractivity (Wildman–Crippen MR) is 82.2 cm³/mol. The summed E-state index contributed by atoms with van der Waals surface area (Å²) < 4.78 is 2.06. The Morgan fingerprint density at radius 3 is 2.55 bits per heavy atom. The summed E-state index contributed by atoms with van der Waals surface area (Å²) in [6.45, 7) is 8.75. The minimum Gasteiger partial charge on any atom is -0.314 e. The van der Waals surface area contributed by atoms with E-state index in [1.54, 1.807) is 11.3 Å². The number of rotatable bonds is 1. The highest BCUT2D eigenvalue weighted by Gasteiger charge is 2.30. The van der Waals surface area contributed by atoms with E-state index in [4.69, 9.17) is 0 Å². The Hall–Kier alpha value is -1.57. The van der Waals surface area contributed by atoms with Gasteiger partial charge in [-0.25, -0.2) is 0 Å². The van der Waals surface area contributed by atoms with Gasteiger partial charge in [-0.3, -0.25) is 4.90 Å². The number of nitrogens with zero attached hydrogens (tertiary/aromatic N) is 3. The molecule has 0 amide bonds. The van der Waals surface area contributed by atoms with Gasteiger partial charge in [-0.05, 0) is 44.9 Å². The van der Waals surface area contributed by atoms with Crippen molar-refractivity contribution in [2.24, 2.45) is 0 Å². The van der Waals surface area contributed by atoms with Crippen LogP contribution in [0.3, 0.4) is 0 Å². The summed E-state index contributed by atoms with van der Waals surface area (Å²) in [6, 6.07) is 6.42. The molecular weight excluding hydrogens is 266 g/mol. The standard InChI is InChI=1S/C16H19N3S/c1-16(2,3)19-9-6-12-13(10-17)15(20-14(12)11-19)18-7-4-5-8-18/h4-5,7-8H,6,9,11H2,1-3H3. The van der Waals surface area contributed by atoms with Gasteiger partial charge in [-0.2, -0.15) is 5.26 Å². The number of thiophene rings is 1. The summed E-state index contributed by atoms with van der Waals surface area (Å²) in [5.74, 6) is 0. The fourth-order valence-corrected chi connectivity index (χ4v) is 4.01. The third-order valence-corrected chi connectivity index (χ3v) is 5.17. The SMILES string of the molecule is CC(C)(C)N1CCc2c(sc(-n3cccc3)c2C#N)C1. The lowest BCUT2D eigenvalue weighted by molar-refractivity contribution is 0.122. The van der Waals surface area contributed by atoms with Crippen molar-refractivity contribution >= 4 is 11.3 Å². The lowest BCUT2D eigenvalue weighted by Crippen LogP contribution is -2.43. The minimum atomic E-state index is 0.183. The van der Waals surface area contributed by atoms with Gasteiger partial charge in [0.2, 0.25) is 0 Å². The molecule has 4 heteroatoms. The highest BCUT2D eigenvalue weighted by Crippen LogP contribution is 2.36. The maximum absolute atomic E-state index is 9.52. The minimum absolute atomic E-state index is 0.183. The molecule has 0 saturated heterocycles. The first-order valence-electron chi connectivity index (χ1n) is 6.94. The molecule has 3 heterocycles. The van der Waals surface area contributed by atoms with Gasteiger partial charge in [0.1, 0.15) is 11.1 Å². The summed E-state index contributed by atoms with van der Waals surface area (Å²) in [5.41, 5.74) is 2.32. The van der Waals surface area contributed by atoms with Crippen molar-refractivity contribution in [1.29, 1.82) is 5.26 Å². The lowest BCUT2D eigenvalue weighted by atomic mass is 9.98. The van der Waals surface area contributed by atoms with Gasteiger partial charge in [0.15, 0.2) is 0 Å². The van der Waals surface area contributed by atoms with Crippen LogP contribution in [-0.2, 0) is 13.0 Å². The Morgan fingerprint density at radius 1 is 1.25 bits per heavy atom. The second kappa shape index (κ2) is 4.76. The molecule has 1 aliphatic rings. The molecule has 0 fully saturated rings. The van der Waals surface area contributed by atoms with Crippen LogP contribution in [0.4, 0.5) is 0 Å². The van der Waals surface area contributed by atoms with Gasteiger partial charge >= 0.3 is 0 Å². The molecule has 0 spiro atoms. The van der Waals surface area contributed by atoms with Gasteiger partial charge in [0.25, 0.3) is 0 Å². The first-order chi connectivity index (χ1) is 9.50. The van der Waals surface area contributed by atoms with Crippen molar-refractivity contribution in [2.45, 2.75) is 39.3 Å². The fraction of sp³-hybridized carbons (Fsp3) is 0.438. The highest BCUT2D eigenvalue weighted by molar-refractivity contribution is 7.15. The normalized spacial score (nSPS) is 15.9. The zero-order valence-corrected chi connectivity index (χ0v) is 13.0. The van der Waals surface area contributed by atoms with Crippen LogP contribution in [-0.4, -0.2) is 21.6 Å². The van der Waals surface area contributed by atoms with Crippen LogP contribution in [0, 0.1) is 11.3 Å². The van der Waals surface area contributed by atoms with Gasteiger partial charge in [0.05, 0.1) is 5.56 Å². The van der Waals surface area contributed by atoms with Crippen molar-refractivity contribution in [1.82, 2.24) is 9.47 Å². The zero-order chi connectivity index (χ0) is 14.3. The molecule has 20 heavy (non-hydrogen) atoms. The van der Waals surface area contributed by atoms with E-state index in [1.807, 2.05) is 24.5 Å². The van der Waals surface area contributed by atoms with E-state index in [0.717, 1.165) is 30.1 Å². The largest absolute Gasteiger partial charge is 0.314 e. The van der Waals surface area contributed by atoms with Crippen LogP contribution >= 0.6 is 11.3 Å². The van der Waals surface area contributed by atoms with Gasteiger partial charge in [-0.15, -0.1) is 11.3 Å². The molecule has 0 atom stereocenters. The topological polar surface area (TPSA) is 32.0 Å². The molecule has 0 saturated carbocycles. The van der Waals surface area contributed by atoms with Crippen molar-refractivity contribution < 1.29 is 0 Å². The molecule has 1 aliphatic heterocycles. The maximum atomic E-state index is 9.52. The highest BCUT2D eigenvalue weighted by atomic mass is 32.1. The molecule has 0 unspecified atom stereocenters. The summed E-state index contributed by atoms with van der Waals surface area (Å²) in [5, 5.41) is 10.6. The Kier molecular flexibility index (Phi) is 3.19. The second-order valence-corrected chi connectivity index (χ2v) is 7.31. The van der Waals surface area contributed by atoms with Gasteiger partial charge in [0, 0.05) is 35.9 Å². The van der Waals surface area contributed by atoms with Crippen LogP contribution < -0.4 is 0 Å². The molecule has 3 rings (SSSR count). The van der Waals surface area contributed by atoms with Crippen LogP contribution in [0.1, 0.15) is 36.8 Å². The molecule has 0 bridgehead atoms. The average Bonchev–Trinajstić information content (AvgIpc) is 3.03. The lowest BCUT2D eigenvalue weighted by Gasteiger charge is -2.38. The van der Waals surface area contributed by atoms with Crippen LogP contribution in [0.25, 0.3) is 5.00 Å². The summed E-state index contributed by atoms with van der Waals surface area (Å²) >= 11 is 1.76. The van der Waals surface area contributed by atoms with E-state index in [9.17, 15) is 5.26 Å². The molecule has 0 radical (unpaired) electrons. The molecule has 3 nitrogen and oxygen atoms in total. The first kappa shape index (κ1) is 13.4. The fourth-order valence-electron chi connectivity index (χ4n) is 2.73. The third kappa shape index (κ3) is 2.17. The van der Waals surface area contributed by atoms with Gasteiger partial charge in [-0.1, -0.05) is 0 Å². The number of aromatic nitrogens is 1. The third-order valence-electron chi connectivity index (χ3n) is 3.94. The molecule has 2 aromatic rings. The van der Waals surface area contributed by atoms with Crippen molar-refractivity contribution in [3.63, 3.8) is 0 Å². The number of hydrogen-bond donors (Lipinski definition) is 0. The first-order valence-corrected chi connectivity index (χ1v) is 7.75. The zero-order valence-electron chi connectivity index (χ0n) is 12.2. The average molecular weight is 285 g/mol. The molecule has 104 valence electrons.